The summed E-state index contributed by atoms with van der Waals surface area (Å²) in [5, 5.41) is 3.58. The molecule has 17 heavy (non-hydrogen) atoms. The molecule has 0 aromatic heterocycles. The van der Waals surface area contributed by atoms with Gasteiger partial charge in [0.1, 0.15) is 0 Å². The van der Waals surface area contributed by atoms with Crippen molar-refractivity contribution in [3.05, 3.63) is 4.91 Å². The van der Waals surface area contributed by atoms with Crippen LogP contribution in [0.2, 0.25) is 0 Å². The van der Waals surface area contributed by atoms with E-state index < -0.39 is 0 Å². The van der Waals surface area contributed by atoms with E-state index in [4.69, 9.17) is 0 Å². The molecular formula is C15H23NO. The topological polar surface area (TPSA) is 29.4 Å². The summed E-state index contributed by atoms with van der Waals surface area (Å²) in [5.41, 5.74) is 0.923. The highest BCUT2D eigenvalue weighted by Gasteiger charge is 2.81. The van der Waals surface area contributed by atoms with Crippen LogP contribution >= 0.6 is 0 Å². The standard InChI is InChI=1S/C15H23NO/c1-7-9-5-11-12-6-10(7)15(11,4)14(12,3)8(2)13(9)16-17/h7-13H,5-6H2,1-4H3. The number of nitrogens with zero attached hydrogens (tertiary/aromatic N) is 1. The van der Waals surface area contributed by atoms with E-state index in [9.17, 15) is 4.91 Å². The predicted octanol–water partition coefficient (Wildman–Crippen LogP) is 3.71. The Bertz CT molecular complexity index is 408. The second-order valence-electron chi connectivity index (χ2n) is 7.76. The van der Waals surface area contributed by atoms with Crippen LogP contribution in [-0.4, -0.2) is 6.04 Å². The van der Waals surface area contributed by atoms with E-state index in [1.54, 1.807) is 0 Å². The number of hydrogen-bond donors (Lipinski definition) is 0. The van der Waals surface area contributed by atoms with Crippen molar-refractivity contribution in [3.63, 3.8) is 0 Å². The van der Waals surface area contributed by atoms with Gasteiger partial charge in [-0.1, -0.05) is 32.9 Å². The van der Waals surface area contributed by atoms with Crippen LogP contribution in [0.4, 0.5) is 0 Å². The van der Waals surface area contributed by atoms with Crippen molar-refractivity contribution in [2.45, 2.75) is 46.6 Å². The largest absolute Gasteiger partial charge is 0.150 e. The van der Waals surface area contributed by atoms with E-state index in [0.717, 1.165) is 23.7 Å². The maximum absolute atomic E-state index is 11.3. The van der Waals surface area contributed by atoms with Gasteiger partial charge in [0.15, 0.2) is 0 Å². The average molecular weight is 233 g/mol. The first kappa shape index (κ1) is 10.5. The lowest BCUT2D eigenvalue weighted by Gasteiger charge is -2.65. The first-order valence-electron chi connectivity index (χ1n) is 7.30. The van der Waals surface area contributed by atoms with Gasteiger partial charge in [-0.25, -0.2) is 0 Å². The Labute approximate surface area is 104 Å². The molecule has 0 spiro atoms. The van der Waals surface area contributed by atoms with Gasteiger partial charge in [0.25, 0.3) is 0 Å². The fraction of sp³-hybridized carbons (Fsp3) is 1.00. The van der Waals surface area contributed by atoms with Gasteiger partial charge < -0.3 is 0 Å². The van der Waals surface area contributed by atoms with E-state index in [2.05, 4.69) is 32.9 Å². The fourth-order valence-electron chi connectivity index (χ4n) is 7.29. The van der Waals surface area contributed by atoms with Gasteiger partial charge in [-0.05, 0) is 59.2 Å². The minimum absolute atomic E-state index is 0.0922. The highest BCUT2D eigenvalue weighted by atomic mass is 16.3. The summed E-state index contributed by atoms with van der Waals surface area (Å²) >= 11 is 0. The molecule has 0 heterocycles. The Morgan fingerprint density at radius 3 is 2.29 bits per heavy atom. The maximum atomic E-state index is 11.3. The van der Waals surface area contributed by atoms with E-state index in [1.807, 2.05) is 0 Å². The number of nitroso groups, excluding NO2 is 1. The van der Waals surface area contributed by atoms with Crippen LogP contribution in [0.3, 0.4) is 0 Å². The van der Waals surface area contributed by atoms with Crippen LogP contribution in [0, 0.1) is 51.2 Å². The number of rotatable bonds is 1. The molecule has 0 N–H and O–H groups in total. The Kier molecular flexibility index (Phi) is 1.62. The van der Waals surface area contributed by atoms with Crippen molar-refractivity contribution < 1.29 is 0 Å². The van der Waals surface area contributed by atoms with Gasteiger partial charge in [0.05, 0.1) is 6.04 Å². The Morgan fingerprint density at radius 1 is 1.00 bits per heavy atom. The van der Waals surface area contributed by atoms with Crippen molar-refractivity contribution in [3.8, 4) is 0 Å². The first-order valence-corrected chi connectivity index (χ1v) is 7.30. The van der Waals surface area contributed by atoms with Crippen molar-refractivity contribution in [1.29, 1.82) is 0 Å². The Hall–Kier alpha value is -0.400. The minimum Gasteiger partial charge on any atom is -0.150 e. The molecule has 6 bridgehead atoms. The van der Waals surface area contributed by atoms with Gasteiger partial charge in [-0.15, -0.1) is 0 Å². The lowest BCUT2D eigenvalue weighted by Crippen LogP contribution is -2.61. The van der Waals surface area contributed by atoms with E-state index in [1.165, 1.54) is 12.8 Å². The van der Waals surface area contributed by atoms with Crippen LogP contribution in [0.5, 0.6) is 0 Å². The van der Waals surface area contributed by atoms with Crippen LogP contribution in [0.1, 0.15) is 40.5 Å². The summed E-state index contributed by atoms with van der Waals surface area (Å²) in [7, 11) is 0. The van der Waals surface area contributed by atoms with E-state index in [-0.39, 0.29) is 6.04 Å². The summed E-state index contributed by atoms with van der Waals surface area (Å²) in [6, 6.07) is 0.0922. The fourth-order valence-corrected chi connectivity index (χ4v) is 7.29. The molecule has 7 saturated carbocycles. The molecule has 0 aliphatic heterocycles. The monoisotopic (exact) mass is 233 g/mol. The summed E-state index contributed by atoms with van der Waals surface area (Å²) < 4.78 is 0. The van der Waals surface area contributed by atoms with Gasteiger partial charge in [-0.2, -0.15) is 4.91 Å². The molecule has 0 aromatic rings. The molecule has 0 saturated heterocycles. The molecule has 9 atom stereocenters. The third kappa shape index (κ3) is 0.736. The molecule has 0 aromatic carbocycles. The summed E-state index contributed by atoms with van der Waals surface area (Å²) in [6.45, 7) is 9.71. The van der Waals surface area contributed by atoms with Crippen LogP contribution in [-0.2, 0) is 0 Å². The molecule has 7 aliphatic rings. The summed E-state index contributed by atoms with van der Waals surface area (Å²) in [5.74, 6) is 4.47. The lowest BCUT2D eigenvalue weighted by molar-refractivity contribution is -0.182. The SMILES string of the molecule is CC1C2CC3C4CC1C3(C)C4(C)C(C)C2N=O. The maximum Gasteiger partial charge on any atom is 0.0981 e. The molecule has 7 fully saturated rings. The van der Waals surface area contributed by atoms with Gasteiger partial charge in [0.2, 0.25) is 0 Å². The number of hydrogen-bond acceptors (Lipinski definition) is 2. The average Bonchev–Trinajstić information content (AvgIpc) is 2.59. The Balaban J connectivity index is 1.95. The quantitative estimate of drug-likeness (QED) is 0.635. The molecule has 2 nitrogen and oxygen atoms in total. The molecule has 2 heteroatoms. The van der Waals surface area contributed by atoms with Crippen LogP contribution in [0.15, 0.2) is 5.18 Å². The summed E-state index contributed by atoms with van der Waals surface area (Å²) in [6.07, 6.45) is 2.72. The third-order valence-electron chi connectivity index (χ3n) is 8.32. The zero-order valence-corrected chi connectivity index (χ0v) is 11.3. The van der Waals surface area contributed by atoms with Gasteiger partial charge >= 0.3 is 0 Å². The van der Waals surface area contributed by atoms with Crippen LogP contribution < -0.4 is 0 Å². The van der Waals surface area contributed by atoms with Crippen molar-refractivity contribution in [1.82, 2.24) is 0 Å². The third-order valence-corrected chi connectivity index (χ3v) is 8.32. The predicted molar refractivity (Wildman–Crippen MR) is 67.3 cm³/mol. The summed E-state index contributed by atoms with van der Waals surface area (Å²) in [4.78, 5) is 11.3. The zero-order valence-electron chi connectivity index (χ0n) is 11.3. The molecule has 7 aliphatic carbocycles. The second-order valence-corrected chi connectivity index (χ2v) is 7.76. The van der Waals surface area contributed by atoms with Gasteiger partial charge in [-0.3, -0.25) is 0 Å². The molecule has 94 valence electrons. The normalized spacial score (nSPS) is 71.2. The highest BCUT2D eigenvalue weighted by Crippen LogP contribution is 2.85. The smallest absolute Gasteiger partial charge is 0.0981 e. The lowest BCUT2D eigenvalue weighted by atomic mass is 9.39. The van der Waals surface area contributed by atoms with E-state index >= 15 is 0 Å². The molecule has 0 radical (unpaired) electrons. The first-order chi connectivity index (χ1) is 7.97. The van der Waals surface area contributed by atoms with E-state index in [0.29, 0.717) is 22.7 Å². The Morgan fingerprint density at radius 2 is 1.65 bits per heavy atom. The molecule has 7 rings (SSSR count). The van der Waals surface area contributed by atoms with Crippen molar-refractivity contribution in [2.75, 3.05) is 0 Å². The second kappa shape index (κ2) is 2.62. The molecular weight excluding hydrogens is 210 g/mol. The molecule has 9 unspecified atom stereocenters. The zero-order chi connectivity index (χ0) is 12.2. The highest BCUT2D eigenvalue weighted by molar-refractivity contribution is 5.29. The van der Waals surface area contributed by atoms with Crippen molar-refractivity contribution >= 4 is 0 Å². The minimum atomic E-state index is 0.0922. The molecule has 0 amide bonds. The van der Waals surface area contributed by atoms with Gasteiger partial charge in [0, 0.05) is 0 Å². The van der Waals surface area contributed by atoms with Crippen molar-refractivity contribution in [2.24, 2.45) is 51.5 Å². The van der Waals surface area contributed by atoms with Crippen LogP contribution in [0.25, 0.3) is 0 Å².